The summed E-state index contributed by atoms with van der Waals surface area (Å²) in [6.45, 7) is 4.31. The molecule has 3 heterocycles. The molecule has 1 atom stereocenters. The lowest BCUT2D eigenvalue weighted by Crippen LogP contribution is -2.41. The van der Waals surface area contributed by atoms with Gasteiger partial charge in [0.1, 0.15) is 12.3 Å². The SMILES string of the molecule is Cc1nn([C@H]2CCS(=O)(=O)C2)c(C)c1CN(C)C(=O)CN1C(=O)CCOc2ccccc21. The Morgan fingerprint density at radius 1 is 1.28 bits per heavy atom. The van der Waals surface area contributed by atoms with Gasteiger partial charge in [0.2, 0.25) is 11.8 Å². The minimum absolute atomic E-state index is 0.0805. The number of anilines is 1. The highest BCUT2D eigenvalue weighted by atomic mass is 32.2. The monoisotopic (exact) mass is 460 g/mol. The molecule has 2 aliphatic heterocycles. The predicted molar refractivity (Wildman–Crippen MR) is 119 cm³/mol. The highest BCUT2D eigenvalue weighted by Crippen LogP contribution is 2.31. The van der Waals surface area contributed by atoms with Gasteiger partial charge in [0, 0.05) is 24.8 Å². The zero-order valence-corrected chi connectivity index (χ0v) is 19.4. The number of fused-ring (bicyclic) bond motifs is 1. The number of carbonyl (C=O) groups excluding carboxylic acids is 2. The number of carbonyl (C=O) groups is 2. The first kappa shape index (κ1) is 22.3. The van der Waals surface area contributed by atoms with Crippen LogP contribution < -0.4 is 9.64 Å². The summed E-state index contributed by atoms with van der Waals surface area (Å²) in [5.74, 6) is 0.512. The molecular weight excluding hydrogens is 432 g/mol. The maximum absolute atomic E-state index is 13.0. The van der Waals surface area contributed by atoms with Gasteiger partial charge in [-0.3, -0.25) is 19.2 Å². The van der Waals surface area contributed by atoms with Crippen LogP contribution in [-0.4, -0.2) is 66.6 Å². The third-order valence-electron chi connectivity index (χ3n) is 6.17. The van der Waals surface area contributed by atoms with Crippen LogP contribution in [0.4, 0.5) is 5.69 Å². The number of amides is 2. The Kier molecular flexibility index (Phi) is 5.98. The standard InChI is InChI=1S/C22H28N4O5S/c1-15-18(16(2)26(23-15)17-9-11-32(29,30)14-17)12-24(3)22(28)13-25-19-6-4-5-7-20(19)31-10-8-21(25)27/h4-7,17H,8-14H2,1-3H3/t17-/m0/s1. The summed E-state index contributed by atoms with van der Waals surface area (Å²) in [6.07, 6.45) is 0.762. The van der Waals surface area contributed by atoms with Crippen LogP contribution in [0.1, 0.15) is 35.8 Å². The summed E-state index contributed by atoms with van der Waals surface area (Å²) in [4.78, 5) is 28.7. The van der Waals surface area contributed by atoms with Gasteiger partial charge in [0.25, 0.3) is 0 Å². The number of rotatable bonds is 5. The molecule has 0 spiro atoms. The van der Waals surface area contributed by atoms with Crippen LogP contribution in [0.3, 0.4) is 0 Å². The minimum atomic E-state index is -3.02. The second-order valence-electron chi connectivity index (χ2n) is 8.45. The Balaban J connectivity index is 1.49. The number of hydrogen-bond acceptors (Lipinski definition) is 6. The summed E-state index contributed by atoms with van der Waals surface area (Å²) in [7, 11) is -1.32. The maximum Gasteiger partial charge on any atom is 0.242 e. The number of aryl methyl sites for hydroxylation is 1. The molecule has 9 nitrogen and oxygen atoms in total. The Morgan fingerprint density at radius 2 is 2.03 bits per heavy atom. The molecule has 1 saturated heterocycles. The van der Waals surface area contributed by atoms with E-state index < -0.39 is 9.84 Å². The zero-order valence-electron chi connectivity index (χ0n) is 18.6. The van der Waals surface area contributed by atoms with Gasteiger partial charge in [-0.1, -0.05) is 12.1 Å². The quantitative estimate of drug-likeness (QED) is 0.672. The van der Waals surface area contributed by atoms with Gasteiger partial charge in [-0.25, -0.2) is 8.42 Å². The predicted octanol–water partition coefficient (Wildman–Crippen LogP) is 1.63. The van der Waals surface area contributed by atoms with Crippen LogP contribution in [-0.2, 0) is 26.0 Å². The van der Waals surface area contributed by atoms with Crippen molar-refractivity contribution in [3.8, 4) is 5.75 Å². The Morgan fingerprint density at radius 3 is 2.75 bits per heavy atom. The van der Waals surface area contributed by atoms with Crippen LogP contribution in [0.25, 0.3) is 0 Å². The number of ether oxygens (including phenoxy) is 1. The third-order valence-corrected chi connectivity index (χ3v) is 7.92. The van der Waals surface area contributed by atoms with Crippen LogP contribution in [0.15, 0.2) is 24.3 Å². The van der Waals surface area contributed by atoms with Gasteiger partial charge in [0.15, 0.2) is 9.84 Å². The molecule has 32 heavy (non-hydrogen) atoms. The molecule has 1 aromatic carbocycles. The fourth-order valence-electron chi connectivity index (χ4n) is 4.32. The number of sulfone groups is 1. The highest BCUT2D eigenvalue weighted by molar-refractivity contribution is 7.91. The Hall–Kier alpha value is -2.88. The van der Waals surface area contributed by atoms with E-state index in [0.29, 0.717) is 24.4 Å². The lowest BCUT2D eigenvalue weighted by molar-refractivity contribution is -0.130. The van der Waals surface area contributed by atoms with E-state index in [0.717, 1.165) is 17.0 Å². The minimum Gasteiger partial charge on any atom is -0.491 e. The molecule has 10 heteroatoms. The molecule has 0 bridgehead atoms. The molecule has 2 aromatic rings. The first-order valence-corrected chi connectivity index (χ1v) is 12.5. The van der Waals surface area contributed by atoms with E-state index in [1.165, 1.54) is 4.90 Å². The van der Waals surface area contributed by atoms with Crippen molar-refractivity contribution in [3.05, 3.63) is 41.2 Å². The molecule has 0 saturated carbocycles. The molecule has 4 rings (SSSR count). The smallest absolute Gasteiger partial charge is 0.242 e. The second-order valence-corrected chi connectivity index (χ2v) is 10.7. The van der Waals surface area contributed by atoms with Crippen molar-refractivity contribution in [2.75, 3.05) is 36.6 Å². The number of benzene rings is 1. The van der Waals surface area contributed by atoms with E-state index in [9.17, 15) is 18.0 Å². The fraction of sp³-hybridized carbons (Fsp3) is 0.500. The van der Waals surface area contributed by atoms with Gasteiger partial charge in [-0.05, 0) is 32.4 Å². The number of nitrogens with zero attached hydrogens (tertiary/aromatic N) is 4. The van der Waals surface area contributed by atoms with Crippen molar-refractivity contribution in [1.82, 2.24) is 14.7 Å². The summed E-state index contributed by atoms with van der Waals surface area (Å²) in [6, 6.07) is 7.05. The van der Waals surface area contributed by atoms with Gasteiger partial charge < -0.3 is 9.64 Å². The van der Waals surface area contributed by atoms with Gasteiger partial charge in [-0.15, -0.1) is 0 Å². The molecule has 172 valence electrons. The topological polar surface area (TPSA) is 102 Å². The van der Waals surface area contributed by atoms with E-state index in [1.807, 2.05) is 26.0 Å². The lowest BCUT2D eigenvalue weighted by atomic mass is 10.1. The van der Waals surface area contributed by atoms with Crippen molar-refractivity contribution in [1.29, 1.82) is 0 Å². The van der Waals surface area contributed by atoms with E-state index in [2.05, 4.69) is 5.10 Å². The van der Waals surface area contributed by atoms with E-state index in [-0.39, 0.29) is 48.9 Å². The van der Waals surface area contributed by atoms with Crippen molar-refractivity contribution < 1.29 is 22.7 Å². The van der Waals surface area contributed by atoms with Crippen molar-refractivity contribution in [2.24, 2.45) is 0 Å². The van der Waals surface area contributed by atoms with Crippen LogP contribution >= 0.6 is 0 Å². The molecule has 2 amide bonds. The number of aromatic nitrogens is 2. The van der Waals surface area contributed by atoms with Gasteiger partial charge in [-0.2, -0.15) is 5.10 Å². The molecule has 0 aliphatic carbocycles. The summed E-state index contributed by atoms with van der Waals surface area (Å²) in [5, 5.41) is 4.57. The second kappa shape index (κ2) is 8.57. The van der Waals surface area contributed by atoms with Gasteiger partial charge in [0.05, 0.1) is 42.0 Å². The van der Waals surface area contributed by atoms with Crippen molar-refractivity contribution >= 4 is 27.3 Å². The normalized spacial score (nSPS) is 19.9. The zero-order chi connectivity index (χ0) is 23.0. The number of hydrogen-bond donors (Lipinski definition) is 0. The molecule has 0 N–H and O–H groups in total. The van der Waals surface area contributed by atoms with Crippen molar-refractivity contribution in [3.63, 3.8) is 0 Å². The Labute approximate surface area is 187 Å². The molecule has 0 unspecified atom stereocenters. The fourth-order valence-corrected chi connectivity index (χ4v) is 6.02. The van der Waals surface area contributed by atoms with Crippen LogP contribution in [0, 0.1) is 13.8 Å². The van der Waals surface area contributed by atoms with Crippen LogP contribution in [0.2, 0.25) is 0 Å². The maximum atomic E-state index is 13.0. The van der Waals surface area contributed by atoms with E-state index in [4.69, 9.17) is 4.74 Å². The third kappa shape index (κ3) is 4.36. The summed E-state index contributed by atoms with van der Waals surface area (Å²) in [5.41, 5.74) is 3.14. The average Bonchev–Trinajstić information content (AvgIpc) is 3.19. The molecular formula is C22H28N4O5S. The first-order chi connectivity index (χ1) is 15.2. The first-order valence-electron chi connectivity index (χ1n) is 10.7. The summed E-state index contributed by atoms with van der Waals surface area (Å²) < 4.78 is 31.2. The highest BCUT2D eigenvalue weighted by Gasteiger charge is 2.32. The summed E-state index contributed by atoms with van der Waals surface area (Å²) >= 11 is 0. The van der Waals surface area contributed by atoms with Crippen molar-refractivity contribution in [2.45, 2.75) is 39.3 Å². The number of para-hydroxylation sites is 2. The van der Waals surface area contributed by atoms with Gasteiger partial charge >= 0.3 is 0 Å². The molecule has 1 aromatic heterocycles. The molecule has 2 aliphatic rings. The van der Waals surface area contributed by atoms with E-state index in [1.54, 1.807) is 28.8 Å². The van der Waals surface area contributed by atoms with Crippen LogP contribution in [0.5, 0.6) is 5.75 Å². The lowest BCUT2D eigenvalue weighted by Gasteiger charge is -2.25. The van der Waals surface area contributed by atoms with E-state index >= 15 is 0 Å². The average molecular weight is 461 g/mol. The largest absolute Gasteiger partial charge is 0.491 e. The molecule has 1 fully saturated rings. The number of likely N-dealkylation sites (N-methyl/N-ethyl adjacent to an activating group) is 1. The Bertz CT molecular complexity index is 1160. The molecule has 0 radical (unpaired) electrons.